The van der Waals surface area contributed by atoms with Gasteiger partial charge in [0.1, 0.15) is 18.6 Å². The van der Waals surface area contributed by atoms with Crippen LogP contribution in [0, 0.1) is 11.7 Å². The molecule has 0 spiro atoms. The van der Waals surface area contributed by atoms with Gasteiger partial charge in [0.2, 0.25) is 5.91 Å². The number of ether oxygens (including phenoxy) is 1. The van der Waals surface area contributed by atoms with Crippen molar-refractivity contribution in [3.63, 3.8) is 0 Å². The molecule has 136 valence electrons. The first kappa shape index (κ1) is 17.7. The van der Waals surface area contributed by atoms with Gasteiger partial charge in [-0.25, -0.2) is 14.0 Å². The third kappa shape index (κ3) is 3.17. The Bertz CT molecular complexity index is 803. The first-order valence-electron chi connectivity index (χ1n) is 8.04. The van der Waals surface area contributed by atoms with E-state index in [2.05, 4.69) is 22.5 Å². The molecule has 0 aliphatic carbocycles. The Morgan fingerprint density at radius 2 is 1.96 bits per heavy atom. The molecular weight excluding hydrogens is 341 g/mol. The Balaban J connectivity index is 2.09. The van der Waals surface area contributed by atoms with Crippen LogP contribution in [0.5, 0.6) is 0 Å². The molecule has 1 aromatic carbocycles. The van der Waals surface area contributed by atoms with Crippen LogP contribution in [0.25, 0.3) is 0 Å². The van der Waals surface area contributed by atoms with Gasteiger partial charge in [-0.15, -0.1) is 0 Å². The second-order valence-corrected chi connectivity index (χ2v) is 6.07. The van der Waals surface area contributed by atoms with Crippen molar-refractivity contribution in [3.05, 3.63) is 59.6 Å². The molecule has 3 atom stereocenters. The van der Waals surface area contributed by atoms with Crippen molar-refractivity contribution in [3.8, 4) is 0 Å². The van der Waals surface area contributed by atoms with E-state index in [1.807, 2.05) is 0 Å². The van der Waals surface area contributed by atoms with Gasteiger partial charge in [-0.1, -0.05) is 24.8 Å². The Hall–Kier alpha value is -3.16. The number of carbonyl (C=O) groups excluding carboxylic acids is 3. The predicted molar refractivity (Wildman–Crippen MR) is 90.1 cm³/mol. The molecule has 3 N–H and O–H groups in total. The molecule has 0 radical (unpaired) electrons. The summed E-state index contributed by atoms with van der Waals surface area (Å²) in [6, 6.07) is 4.92. The maximum Gasteiger partial charge on any atom is 0.336 e. The average molecular weight is 359 g/mol. The van der Waals surface area contributed by atoms with E-state index in [4.69, 9.17) is 4.74 Å². The van der Waals surface area contributed by atoms with Crippen molar-refractivity contribution in [1.82, 2.24) is 16.0 Å². The van der Waals surface area contributed by atoms with Crippen LogP contribution in [-0.4, -0.2) is 30.7 Å². The largest absolute Gasteiger partial charge is 0.458 e. The summed E-state index contributed by atoms with van der Waals surface area (Å²) in [5.74, 6) is -3.07. The number of amides is 3. The van der Waals surface area contributed by atoms with Crippen LogP contribution < -0.4 is 16.0 Å². The summed E-state index contributed by atoms with van der Waals surface area (Å²) in [7, 11) is 0. The van der Waals surface area contributed by atoms with Crippen LogP contribution in [0.2, 0.25) is 0 Å². The number of carbonyl (C=O) groups is 3. The van der Waals surface area contributed by atoms with Crippen LogP contribution in [0.3, 0.4) is 0 Å². The van der Waals surface area contributed by atoms with E-state index >= 15 is 0 Å². The van der Waals surface area contributed by atoms with E-state index in [9.17, 15) is 18.8 Å². The smallest absolute Gasteiger partial charge is 0.336 e. The zero-order valence-corrected chi connectivity index (χ0v) is 14.0. The van der Waals surface area contributed by atoms with E-state index in [1.165, 1.54) is 30.3 Å². The van der Waals surface area contributed by atoms with Crippen molar-refractivity contribution in [2.45, 2.75) is 19.0 Å². The number of hydrogen-bond acceptors (Lipinski definition) is 5. The van der Waals surface area contributed by atoms with E-state index < -0.39 is 41.7 Å². The average Bonchev–Trinajstić information content (AvgIpc) is 2.59. The lowest BCUT2D eigenvalue weighted by Gasteiger charge is -2.42. The minimum Gasteiger partial charge on any atom is -0.458 e. The summed E-state index contributed by atoms with van der Waals surface area (Å²) >= 11 is 0. The van der Waals surface area contributed by atoms with Gasteiger partial charge in [-0.2, -0.15) is 0 Å². The minimum atomic E-state index is -0.798. The van der Waals surface area contributed by atoms with Crippen LogP contribution in [-0.2, 0) is 14.3 Å². The monoisotopic (exact) mass is 359 g/mol. The highest BCUT2D eigenvalue weighted by molar-refractivity contribution is 6.01. The van der Waals surface area contributed by atoms with Gasteiger partial charge in [0, 0.05) is 11.6 Å². The molecular formula is C18H18FN3O4. The summed E-state index contributed by atoms with van der Waals surface area (Å²) in [5, 5.41) is 7.83. The number of urea groups is 1. The molecule has 0 bridgehead atoms. The summed E-state index contributed by atoms with van der Waals surface area (Å²) in [5.41, 5.74) is 1.30. The molecule has 3 unspecified atom stereocenters. The topological polar surface area (TPSA) is 96.5 Å². The molecule has 2 heterocycles. The molecule has 2 aliphatic rings. The quantitative estimate of drug-likeness (QED) is 0.556. The Kier molecular flexibility index (Phi) is 4.75. The van der Waals surface area contributed by atoms with Gasteiger partial charge < -0.3 is 15.4 Å². The molecule has 8 heteroatoms. The standard InChI is InChI=1S/C18H18FN3O4/c1-3-8-26-17(24)12-9(2)20-15-14(16(23)22-18(25)21-15)13(12)10-4-6-11(19)7-5-10/h3-7,13-15,20H,1,8H2,2H3,(H2,21,22,23,25). The van der Waals surface area contributed by atoms with Crippen molar-refractivity contribution in [1.29, 1.82) is 0 Å². The number of benzene rings is 1. The van der Waals surface area contributed by atoms with E-state index in [-0.39, 0.29) is 12.2 Å². The molecule has 2 aliphatic heterocycles. The number of imide groups is 1. The number of allylic oxidation sites excluding steroid dienone is 1. The molecule has 1 fully saturated rings. The normalized spacial score (nSPS) is 24.8. The maximum absolute atomic E-state index is 13.4. The lowest BCUT2D eigenvalue weighted by molar-refractivity contribution is -0.139. The summed E-state index contributed by atoms with van der Waals surface area (Å²) in [6.45, 7) is 5.19. The number of nitrogens with one attached hydrogen (secondary N) is 3. The first-order chi connectivity index (χ1) is 12.4. The number of esters is 1. The van der Waals surface area contributed by atoms with Gasteiger partial charge in [-0.3, -0.25) is 10.1 Å². The predicted octanol–water partition coefficient (Wildman–Crippen LogP) is 1.30. The van der Waals surface area contributed by atoms with Crippen molar-refractivity contribution in [2.75, 3.05) is 6.61 Å². The van der Waals surface area contributed by atoms with E-state index in [0.29, 0.717) is 11.3 Å². The van der Waals surface area contributed by atoms with E-state index in [0.717, 1.165) is 0 Å². The fourth-order valence-corrected chi connectivity index (χ4v) is 3.34. The maximum atomic E-state index is 13.4. The lowest BCUT2D eigenvalue weighted by atomic mass is 9.74. The highest BCUT2D eigenvalue weighted by Gasteiger charge is 2.48. The Labute approximate surface area is 149 Å². The summed E-state index contributed by atoms with van der Waals surface area (Å²) in [4.78, 5) is 36.7. The van der Waals surface area contributed by atoms with Gasteiger partial charge in [0.15, 0.2) is 0 Å². The van der Waals surface area contributed by atoms with Gasteiger partial charge in [0.05, 0.1) is 11.5 Å². The molecule has 3 amide bonds. The number of fused-ring (bicyclic) bond motifs is 1. The second kappa shape index (κ2) is 6.99. The van der Waals surface area contributed by atoms with Crippen molar-refractivity contribution < 1.29 is 23.5 Å². The SMILES string of the molecule is C=CCOC(=O)C1=C(C)NC2NC(=O)NC(=O)C2C1c1ccc(F)cc1. The van der Waals surface area contributed by atoms with E-state index in [1.54, 1.807) is 6.92 Å². The molecule has 0 aromatic heterocycles. The Morgan fingerprint density at radius 1 is 1.27 bits per heavy atom. The van der Waals surface area contributed by atoms with Gasteiger partial charge in [-0.05, 0) is 24.6 Å². The van der Waals surface area contributed by atoms with Crippen LogP contribution >= 0.6 is 0 Å². The molecule has 26 heavy (non-hydrogen) atoms. The fraction of sp³-hybridized carbons (Fsp3) is 0.278. The third-order valence-corrected chi connectivity index (χ3v) is 4.41. The van der Waals surface area contributed by atoms with Crippen molar-refractivity contribution >= 4 is 17.9 Å². The van der Waals surface area contributed by atoms with Crippen LogP contribution in [0.4, 0.5) is 9.18 Å². The summed E-state index contributed by atoms with van der Waals surface area (Å²) < 4.78 is 18.5. The molecule has 0 saturated carbocycles. The minimum absolute atomic E-state index is 0.0166. The Morgan fingerprint density at radius 3 is 2.62 bits per heavy atom. The zero-order chi connectivity index (χ0) is 18.8. The van der Waals surface area contributed by atoms with Gasteiger partial charge in [0.25, 0.3) is 0 Å². The molecule has 3 rings (SSSR count). The zero-order valence-electron chi connectivity index (χ0n) is 14.0. The highest BCUT2D eigenvalue weighted by Crippen LogP contribution is 2.40. The molecule has 1 aromatic rings. The lowest BCUT2D eigenvalue weighted by Crippen LogP contribution is -2.66. The molecule has 1 saturated heterocycles. The van der Waals surface area contributed by atoms with Crippen LogP contribution in [0.15, 0.2) is 48.2 Å². The number of hydrogen-bond donors (Lipinski definition) is 3. The fourth-order valence-electron chi connectivity index (χ4n) is 3.34. The van der Waals surface area contributed by atoms with Gasteiger partial charge >= 0.3 is 12.0 Å². The van der Waals surface area contributed by atoms with Crippen LogP contribution in [0.1, 0.15) is 18.4 Å². The highest BCUT2D eigenvalue weighted by atomic mass is 19.1. The second-order valence-electron chi connectivity index (χ2n) is 6.07. The van der Waals surface area contributed by atoms with Crippen molar-refractivity contribution in [2.24, 2.45) is 5.92 Å². The third-order valence-electron chi connectivity index (χ3n) is 4.41. The molecule has 7 nitrogen and oxygen atoms in total. The first-order valence-corrected chi connectivity index (χ1v) is 8.04. The number of rotatable bonds is 4. The number of halogens is 1. The summed E-state index contributed by atoms with van der Waals surface area (Å²) in [6.07, 6.45) is 0.745.